The van der Waals surface area contributed by atoms with Crippen LogP contribution in [0.25, 0.3) is 0 Å². The summed E-state index contributed by atoms with van der Waals surface area (Å²) in [5.74, 6) is 8.36. The quantitative estimate of drug-likeness (QED) is 0.386. The van der Waals surface area contributed by atoms with E-state index in [1.165, 1.54) is 31.0 Å². The van der Waals surface area contributed by atoms with Gasteiger partial charge in [0.15, 0.2) is 5.82 Å². The van der Waals surface area contributed by atoms with Crippen LogP contribution in [0.1, 0.15) is 67.4 Å². The Morgan fingerprint density at radius 3 is 2.51 bits per heavy atom. The van der Waals surface area contributed by atoms with Gasteiger partial charge in [-0.25, -0.2) is 9.69 Å². The number of methoxy groups -OCH3 is 1. The van der Waals surface area contributed by atoms with Crippen molar-refractivity contribution in [3.63, 3.8) is 0 Å². The third kappa shape index (κ3) is 5.05. The Balaban J connectivity index is 1.33. The van der Waals surface area contributed by atoms with Gasteiger partial charge in [-0.1, -0.05) is 73.5 Å². The zero-order chi connectivity index (χ0) is 24.2. The first-order chi connectivity index (χ1) is 17.1. The Bertz CT molecular complexity index is 1190. The normalized spacial score (nSPS) is 18.5. The number of aromatic nitrogens is 3. The van der Waals surface area contributed by atoms with Gasteiger partial charge in [-0.3, -0.25) is 4.79 Å². The van der Waals surface area contributed by atoms with Crippen LogP contribution in [0.4, 0.5) is 0 Å². The lowest BCUT2D eigenvalue weighted by atomic mass is 9.89. The molecule has 9 heteroatoms. The van der Waals surface area contributed by atoms with Crippen molar-refractivity contribution < 1.29 is 9.53 Å². The van der Waals surface area contributed by atoms with Crippen LogP contribution < -0.4 is 10.6 Å². The maximum atomic E-state index is 13.4. The topological polar surface area (TPSA) is 98.6 Å². The van der Waals surface area contributed by atoms with Crippen LogP contribution in [0.3, 0.4) is 0 Å². The fourth-order valence-electron chi connectivity index (χ4n) is 4.85. The fourth-order valence-corrected chi connectivity index (χ4v) is 5.57. The van der Waals surface area contributed by atoms with E-state index in [2.05, 4.69) is 10.2 Å². The van der Waals surface area contributed by atoms with Crippen LogP contribution >= 0.6 is 11.8 Å². The lowest BCUT2D eigenvalue weighted by Gasteiger charge is -2.22. The molecule has 0 spiro atoms. The van der Waals surface area contributed by atoms with Crippen molar-refractivity contribution in [2.24, 2.45) is 5.10 Å². The molecule has 2 aromatic carbocycles. The molecule has 0 unspecified atom stereocenters. The number of nitrogens with two attached hydrogens (primary N) is 1. The van der Waals surface area contributed by atoms with Crippen molar-refractivity contribution in [2.75, 3.05) is 18.7 Å². The van der Waals surface area contributed by atoms with E-state index in [1.807, 2.05) is 54.6 Å². The predicted octanol–water partition coefficient (Wildman–Crippen LogP) is 4.52. The van der Waals surface area contributed by atoms with E-state index in [0.717, 1.165) is 41.3 Å². The van der Waals surface area contributed by atoms with Gasteiger partial charge in [-0.15, -0.1) is 10.2 Å². The third-order valence-corrected chi connectivity index (χ3v) is 7.69. The van der Waals surface area contributed by atoms with Crippen molar-refractivity contribution >= 4 is 23.4 Å². The minimum Gasteiger partial charge on any atom is -0.497 e. The van der Waals surface area contributed by atoms with Gasteiger partial charge in [0.05, 0.1) is 24.6 Å². The number of hydrogen-bond donors (Lipinski definition) is 1. The van der Waals surface area contributed by atoms with Gasteiger partial charge in [0.1, 0.15) is 5.75 Å². The number of hydrogen-bond acceptors (Lipinski definition) is 7. The first kappa shape index (κ1) is 23.4. The second-order valence-corrected chi connectivity index (χ2v) is 9.92. The van der Waals surface area contributed by atoms with Crippen molar-refractivity contribution in [1.29, 1.82) is 0 Å². The average molecular weight is 491 g/mol. The Kier molecular flexibility index (Phi) is 7.03. The number of nitrogen functional groups attached to an aromatic ring is 1. The molecule has 8 nitrogen and oxygen atoms in total. The molecule has 3 aromatic rings. The number of hydrazone groups is 1. The molecule has 2 heterocycles. The molecule has 0 bridgehead atoms. The first-order valence-electron chi connectivity index (χ1n) is 12.1. The number of rotatable bonds is 7. The van der Waals surface area contributed by atoms with E-state index in [9.17, 15) is 4.79 Å². The molecule has 1 aromatic heterocycles. The van der Waals surface area contributed by atoms with Gasteiger partial charge in [0.2, 0.25) is 5.16 Å². The highest BCUT2D eigenvalue weighted by Gasteiger charge is 2.33. The van der Waals surface area contributed by atoms with Crippen molar-refractivity contribution in [3.8, 4) is 5.75 Å². The smallest absolute Gasteiger partial charge is 0.253 e. The second kappa shape index (κ2) is 10.5. The van der Waals surface area contributed by atoms with Crippen molar-refractivity contribution in [2.45, 2.75) is 55.6 Å². The molecule has 182 valence electrons. The summed E-state index contributed by atoms with van der Waals surface area (Å²) in [6, 6.07) is 17.6. The molecule has 2 N–H and O–H groups in total. The zero-order valence-electron chi connectivity index (χ0n) is 19.8. The molecule has 35 heavy (non-hydrogen) atoms. The van der Waals surface area contributed by atoms with E-state index in [-0.39, 0.29) is 17.7 Å². The Hall–Kier alpha value is -3.33. The lowest BCUT2D eigenvalue weighted by molar-refractivity contribution is -0.130. The first-order valence-corrected chi connectivity index (χ1v) is 13.0. The van der Waals surface area contributed by atoms with Gasteiger partial charge >= 0.3 is 0 Å². The minimum absolute atomic E-state index is 0.0936. The number of benzene rings is 2. The largest absolute Gasteiger partial charge is 0.497 e. The van der Waals surface area contributed by atoms with Crippen LogP contribution in [-0.2, 0) is 4.79 Å². The Morgan fingerprint density at radius 2 is 1.80 bits per heavy atom. The number of carbonyl (C=O) groups is 1. The van der Waals surface area contributed by atoms with Gasteiger partial charge in [-0.05, 0) is 36.1 Å². The number of thioether (sulfide) groups is 1. The number of nitrogens with zero attached hydrogens (tertiary/aromatic N) is 5. The monoisotopic (exact) mass is 490 g/mol. The summed E-state index contributed by atoms with van der Waals surface area (Å²) in [6.45, 7) is 0. The summed E-state index contributed by atoms with van der Waals surface area (Å²) in [5.41, 5.74) is 2.93. The van der Waals surface area contributed by atoms with E-state index >= 15 is 0 Å². The lowest BCUT2D eigenvalue weighted by Crippen LogP contribution is -2.29. The number of ether oxygens (including phenoxy) is 1. The third-order valence-electron chi connectivity index (χ3n) is 6.76. The SMILES string of the molecule is COc1ccc([C@@H]2CC(c3ccccc3)=NN2C(=O)CSc2nnc(C3CCCCC3)n2N)cc1. The van der Waals surface area contributed by atoms with E-state index in [0.29, 0.717) is 17.5 Å². The summed E-state index contributed by atoms with van der Waals surface area (Å²) in [7, 11) is 1.64. The number of carbonyl (C=O) groups excluding carboxylic acids is 1. The molecular weight excluding hydrogens is 460 g/mol. The summed E-state index contributed by atoms with van der Waals surface area (Å²) >= 11 is 1.31. The molecule has 1 saturated carbocycles. The molecule has 1 aliphatic heterocycles. The Labute approximate surface area is 209 Å². The molecule has 5 rings (SSSR count). The van der Waals surface area contributed by atoms with Crippen molar-refractivity contribution in [1.82, 2.24) is 19.9 Å². The maximum absolute atomic E-state index is 13.4. The summed E-state index contributed by atoms with van der Waals surface area (Å²) in [5, 5.41) is 15.5. The van der Waals surface area contributed by atoms with Crippen molar-refractivity contribution in [3.05, 3.63) is 71.5 Å². The summed E-state index contributed by atoms with van der Waals surface area (Å²) < 4.78 is 6.87. The van der Waals surface area contributed by atoms with Crippen LogP contribution in [-0.4, -0.2) is 44.4 Å². The predicted molar refractivity (Wildman–Crippen MR) is 137 cm³/mol. The van der Waals surface area contributed by atoms with Crippen LogP contribution in [0, 0.1) is 0 Å². The molecule has 1 aliphatic carbocycles. The molecule has 0 radical (unpaired) electrons. The highest BCUT2D eigenvalue weighted by molar-refractivity contribution is 7.99. The standard InChI is InChI=1S/C26H30N6O2S/c1-34-21-14-12-19(13-15-21)23-16-22(18-8-4-2-5-9-18)30-32(23)24(33)17-35-26-29-28-25(31(26)27)20-10-6-3-7-11-20/h2,4-5,8-9,12-15,20,23H,3,6-7,10-11,16-17,27H2,1H3/t23-/m0/s1. The van der Waals surface area contributed by atoms with Gasteiger partial charge in [-0.2, -0.15) is 5.10 Å². The molecule has 2 aliphatic rings. The maximum Gasteiger partial charge on any atom is 0.253 e. The van der Waals surface area contributed by atoms with E-state index < -0.39 is 0 Å². The van der Waals surface area contributed by atoms with Crippen LogP contribution in [0.2, 0.25) is 0 Å². The molecule has 1 fully saturated rings. The molecule has 1 amide bonds. The minimum atomic E-state index is -0.183. The Morgan fingerprint density at radius 1 is 1.06 bits per heavy atom. The molecular formula is C26H30N6O2S. The van der Waals surface area contributed by atoms with Crippen LogP contribution in [0.15, 0.2) is 64.9 Å². The van der Waals surface area contributed by atoms with Gasteiger partial charge < -0.3 is 10.6 Å². The second-order valence-electron chi connectivity index (χ2n) is 8.98. The highest BCUT2D eigenvalue weighted by Crippen LogP contribution is 2.35. The van der Waals surface area contributed by atoms with E-state index in [4.69, 9.17) is 15.7 Å². The number of amides is 1. The molecule has 0 saturated heterocycles. The van der Waals surface area contributed by atoms with Crippen LogP contribution in [0.5, 0.6) is 5.75 Å². The van der Waals surface area contributed by atoms with Gasteiger partial charge in [0.25, 0.3) is 5.91 Å². The highest BCUT2D eigenvalue weighted by atomic mass is 32.2. The summed E-state index contributed by atoms with van der Waals surface area (Å²) in [6.07, 6.45) is 6.48. The average Bonchev–Trinajstić information content (AvgIpc) is 3.52. The van der Waals surface area contributed by atoms with E-state index in [1.54, 1.807) is 16.8 Å². The molecule has 1 atom stereocenters. The zero-order valence-corrected chi connectivity index (χ0v) is 20.7. The summed E-state index contributed by atoms with van der Waals surface area (Å²) in [4.78, 5) is 13.4. The van der Waals surface area contributed by atoms with Gasteiger partial charge in [0, 0.05) is 12.3 Å². The fraction of sp³-hybridized carbons (Fsp3) is 0.385.